The van der Waals surface area contributed by atoms with Gasteiger partial charge in [0.05, 0.1) is 27.3 Å². The molecule has 7 rings (SSSR count). The Morgan fingerprint density at radius 3 is 2.44 bits per heavy atom. The van der Waals surface area contributed by atoms with Crippen LogP contribution in [0.15, 0.2) is 42.6 Å². The molecule has 2 heteroatoms. The van der Waals surface area contributed by atoms with E-state index in [2.05, 4.69) is 86.3 Å². The van der Waals surface area contributed by atoms with Crippen molar-refractivity contribution in [3.05, 3.63) is 70.4 Å². The topological polar surface area (TPSA) is 8.29 Å². The summed E-state index contributed by atoms with van der Waals surface area (Å²) in [5.41, 5.74) is 12.6. The Kier molecular flexibility index (Phi) is 4.14. The van der Waals surface area contributed by atoms with Gasteiger partial charge in [-0.05, 0) is 85.9 Å². The molecule has 6 aromatic rings. The molecule has 3 aromatic carbocycles. The minimum Gasteiger partial charge on any atom is -0.307 e. The minimum absolute atomic E-state index is 0.824. The monoisotopic (exact) mass is 445 g/mol. The van der Waals surface area contributed by atoms with Crippen molar-refractivity contribution in [1.29, 1.82) is 0 Å². The van der Waals surface area contributed by atoms with Crippen molar-refractivity contribution in [3.63, 3.8) is 0 Å². The van der Waals surface area contributed by atoms with E-state index in [9.17, 15) is 0 Å². The van der Waals surface area contributed by atoms with Gasteiger partial charge in [-0.1, -0.05) is 43.4 Å². The van der Waals surface area contributed by atoms with Gasteiger partial charge < -0.3 is 4.40 Å². The van der Waals surface area contributed by atoms with Gasteiger partial charge in [0.2, 0.25) is 5.52 Å². The third kappa shape index (κ3) is 2.54. The smallest absolute Gasteiger partial charge is 0.224 e. The summed E-state index contributed by atoms with van der Waals surface area (Å²) in [6, 6.07) is 14.3. The molecular formula is C32H33N2+. The van der Waals surface area contributed by atoms with E-state index in [4.69, 9.17) is 0 Å². The van der Waals surface area contributed by atoms with Crippen LogP contribution in [0.4, 0.5) is 0 Å². The second-order valence-electron chi connectivity index (χ2n) is 11.1. The van der Waals surface area contributed by atoms with E-state index in [0.717, 1.165) is 5.92 Å². The molecule has 2 nitrogen and oxygen atoms in total. The zero-order chi connectivity index (χ0) is 23.3. The van der Waals surface area contributed by atoms with E-state index in [1.54, 1.807) is 5.56 Å². The molecule has 0 radical (unpaired) electrons. The van der Waals surface area contributed by atoms with Crippen LogP contribution in [0.25, 0.3) is 49.0 Å². The Labute approximate surface area is 201 Å². The molecule has 0 aliphatic heterocycles. The normalized spacial score (nSPS) is 15.3. The van der Waals surface area contributed by atoms with Gasteiger partial charge in [-0.3, -0.25) is 0 Å². The highest BCUT2D eigenvalue weighted by molar-refractivity contribution is 6.28. The molecule has 0 N–H and O–H groups in total. The minimum atomic E-state index is 0.824. The molecule has 1 saturated carbocycles. The SMILES string of the molecule is Cc1ccc2c(c1)c1c(CC3CCCC3)cc3cc[n+](C)c4c5c(C)c(C)cc(C)c5n2c1c34. The first-order chi connectivity index (χ1) is 16.4. The van der Waals surface area contributed by atoms with Crippen LogP contribution in [0.3, 0.4) is 0 Å². The van der Waals surface area contributed by atoms with Crippen molar-refractivity contribution >= 4 is 49.0 Å². The average molecular weight is 446 g/mol. The average Bonchev–Trinajstić information content (AvgIpc) is 3.43. The Morgan fingerprint density at radius 1 is 0.853 bits per heavy atom. The molecule has 170 valence electrons. The maximum Gasteiger partial charge on any atom is 0.224 e. The van der Waals surface area contributed by atoms with E-state index in [0.29, 0.717) is 0 Å². The maximum absolute atomic E-state index is 2.62. The van der Waals surface area contributed by atoms with Crippen LogP contribution in [0.1, 0.15) is 53.5 Å². The largest absolute Gasteiger partial charge is 0.307 e. The van der Waals surface area contributed by atoms with Crippen LogP contribution in [-0.4, -0.2) is 4.40 Å². The number of hydrogen-bond acceptors (Lipinski definition) is 0. The van der Waals surface area contributed by atoms with Crippen molar-refractivity contribution in [1.82, 2.24) is 4.40 Å². The van der Waals surface area contributed by atoms with Crippen LogP contribution < -0.4 is 4.57 Å². The molecule has 0 saturated heterocycles. The molecular weight excluding hydrogens is 412 g/mol. The van der Waals surface area contributed by atoms with Gasteiger partial charge in [0, 0.05) is 16.8 Å². The molecule has 1 aliphatic rings. The first-order valence-corrected chi connectivity index (χ1v) is 12.9. The summed E-state index contributed by atoms with van der Waals surface area (Å²) < 4.78 is 4.98. The number of hydrogen-bond donors (Lipinski definition) is 0. The molecule has 1 aliphatic carbocycles. The molecule has 0 bridgehead atoms. The van der Waals surface area contributed by atoms with Crippen LogP contribution in [0.2, 0.25) is 0 Å². The third-order valence-electron chi connectivity index (χ3n) is 8.82. The lowest BCUT2D eigenvalue weighted by Crippen LogP contribution is -2.29. The summed E-state index contributed by atoms with van der Waals surface area (Å²) in [5, 5.41) is 7.13. The Hall–Kier alpha value is -3.13. The van der Waals surface area contributed by atoms with Crippen LogP contribution in [-0.2, 0) is 13.5 Å². The lowest BCUT2D eigenvalue weighted by atomic mass is 9.90. The highest BCUT2D eigenvalue weighted by atomic mass is 15.0. The highest BCUT2D eigenvalue weighted by Gasteiger charge is 2.28. The van der Waals surface area contributed by atoms with Gasteiger partial charge in [-0.25, -0.2) is 4.57 Å². The lowest BCUT2D eigenvalue weighted by Gasteiger charge is -2.18. The van der Waals surface area contributed by atoms with Gasteiger partial charge in [0.25, 0.3) is 0 Å². The van der Waals surface area contributed by atoms with Gasteiger partial charge in [0.15, 0.2) is 6.20 Å². The van der Waals surface area contributed by atoms with E-state index in [1.165, 1.54) is 103 Å². The molecule has 3 aromatic heterocycles. The van der Waals surface area contributed by atoms with E-state index in [-0.39, 0.29) is 0 Å². The Balaban J connectivity index is 1.82. The molecule has 0 atom stereocenters. The molecule has 3 heterocycles. The van der Waals surface area contributed by atoms with E-state index >= 15 is 0 Å². The standard InChI is InChI=1S/C32H33N2/c1-18-10-11-26-25(14-18)28-24(16-22-8-6-7-9-22)17-23-12-13-33(5)31-27-21(4)19(2)15-20(3)30(27)34(26)32(28)29(23)31/h10-15,17,22H,6-9,16H2,1-5H3/q+1. The number of benzene rings is 3. The van der Waals surface area contributed by atoms with Crippen molar-refractivity contribution in [3.8, 4) is 0 Å². The second kappa shape index (κ2) is 6.95. The summed E-state index contributed by atoms with van der Waals surface area (Å²) in [4.78, 5) is 0. The maximum atomic E-state index is 2.62. The Morgan fingerprint density at radius 2 is 1.65 bits per heavy atom. The van der Waals surface area contributed by atoms with Gasteiger partial charge in [-0.2, -0.15) is 0 Å². The lowest BCUT2D eigenvalue weighted by molar-refractivity contribution is -0.643. The second-order valence-corrected chi connectivity index (χ2v) is 11.1. The van der Waals surface area contributed by atoms with Crippen LogP contribution in [0.5, 0.6) is 0 Å². The van der Waals surface area contributed by atoms with Crippen LogP contribution in [0, 0.1) is 33.6 Å². The molecule has 0 amide bonds. The molecule has 0 unspecified atom stereocenters. The third-order valence-corrected chi connectivity index (χ3v) is 8.82. The Bertz CT molecular complexity index is 1780. The first kappa shape index (κ1) is 20.3. The molecule has 0 spiro atoms. The van der Waals surface area contributed by atoms with Crippen molar-refractivity contribution in [2.24, 2.45) is 13.0 Å². The number of nitrogens with zero attached hydrogens (tertiary/aromatic N) is 2. The zero-order valence-electron chi connectivity index (χ0n) is 21.0. The summed E-state index contributed by atoms with van der Waals surface area (Å²) in [7, 11) is 2.22. The van der Waals surface area contributed by atoms with Gasteiger partial charge >= 0.3 is 0 Å². The first-order valence-electron chi connectivity index (χ1n) is 12.9. The summed E-state index contributed by atoms with van der Waals surface area (Å²) in [6.07, 6.45) is 9.03. The number of rotatable bonds is 2. The summed E-state index contributed by atoms with van der Waals surface area (Å²) in [5.74, 6) is 0.824. The number of pyridine rings is 2. The summed E-state index contributed by atoms with van der Waals surface area (Å²) >= 11 is 0. The molecule has 1 fully saturated rings. The number of aromatic nitrogens is 2. The van der Waals surface area contributed by atoms with Crippen molar-refractivity contribution in [2.75, 3.05) is 0 Å². The van der Waals surface area contributed by atoms with Crippen molar-refractivity contribution < 1.29 is 4.57 Å². The number of aryl methyl sites for hydroxylation is 5. The summed E-state index contributed by atoms with van der Waals surface area (Å²) in [6.45, 7) is 9.09. The van der Waals surface area contributed by atoms with Gasteiger partial charge in [0.1, 0.15) is 7.05 Å². The van der Waals surface area contributed by atoms with Crippen LogP contribution >= 0.6 is 0 Å². The fraction of sp³-hybridized carbons (Fsp3) is 0.344. The highest BCUT2D eigenvalue weighted by Crippen LogP contribution is 2.45. The number of fused-ring (bicyclic) bond motifs is 6. The fourth-order valence-corrected chi connectivity index (χ4v) is 7.13. The van der Waals surface area contributed by atoms with Crippen molar-refractivity contribution in [2.45, 2.75) is 59.8 Å². The quantitative estimate of drug-likeness (QED) is 0.146. The van der Waals surface area contributed by atoms with Gasteiger partial charge in [-0.15, -0.1) is 0 Å². The predicted molar refractivity (Wildman–Crippen MR) is 144 cm³/mol. The van der Waals surface area contributed by atoms with E-state index < -0.39 is 0 Å². The predicted octanol–water partition coefficient (Wildman–Crippen LogP) is 7.78. The zero-order valence-corrected chi connectivity index (χ0v) is 21.0. The van der Waals surface area contributed by atoms with E-state index in [1.807, 2.05) is 0 Å². The fourth-order valence-electron chi connectivity index (χ4n) is 7.13. The molecule has 34 heavy (non-hydrogen) atoms.